The van der Waals surface area contributed by atoms with Crippen molar-refractivity contribution in [3.63, 3.8) is 0 Å². The minimum absolute atomic E-state index is 0.113. The maximum Gasteiger partial charge on any atom is 0.0577 e. The maximum absolute atomic E-state index is 10.4. The fourth-order valence-electron chi connectivity index (χ4n) is 7.19. The number of fused-ring (bicyclic) bond motifs is 3. The average molecular weight is 401 g/mol. The summed E-state index contributed by atoms with van der Waals surface area (Å²) in [7, 11) is 0. The molecular weight excluding hydrogens is 352 g/mol. The predicted molar refractivity (Wildman–Crippen MR) is 126 cm³/mol. The highest BCUT2D eigenvalue weighted by Gasteiger charge is 2.54. The van der Waals surface area contributed by atoms with E-state index in [1.54, 1.807) is 5.57 Å². The number of unbranched alkanes of at least 4 members (excludes halogenated alkanes) is 1. The molecule has 0 aliphatic heterocycles. The van der Waals surface area contributed by atoms with Gasteiger partial charge in [-0.25, -0.2) is 0 Å². The first-order valence-corrected chi connectivity index (χ1v) is 12.7. The van der Waals surface area contributed by atoms with E-state index in [1.807, 2.05) is 0 Å². The van der Waals surface area contributed by atoms with Crippen molar-refractivity contribution < 1.29 is 5.11 Å². The van der Waals surface area contributed by atoms with Crippen LogP contribution < -0.4 is 0 Å². The molecule has 1 heteroatoms. The van der Waals surface area contributed by atoms with Crippen molar-refractivity contribution in [1.29, 1.82) is 0 Å². The maximum atomic E-state index is 10.4. The van der Waals surface area contributed by atoms with Crippen molar-refractivity contribution in [2.75, 3.05) is 0 Å². The summed E-state index contributed by atoms with van der Waals surface area (Å²) in [6, 6.07) is 0. The normalized spacial score (nSPS) is 37.1. The summed E-state index contributed by atoms with van der Waals surface area (Å²) in [5.74, 6) is 4.25. The Morgan fingerprint density at radius 3 is 2.69 bits per heavy atom. The van der Waals surface area contributed by atoms with Gasteiger partial charge in [0.25, 0.3) is 0 Å². The molecule has 0 radical (unpaired) electrons. The summed E-state index contributed by atoms with van der Waals surface area (Å²) in [6.45, 7) is 14.3. The van der Waals surface area contributed by atoms with Crippen LogP contribution in [0.5, 0.6) is 0 Å². The molecule has 1 N–H and O–H groups in total. The molecule has 2 fully saturated rings. The number of allylic oxidation sites excluding steroid dienone is 3. The van der Waals surface area contributed by atoms with E-state index >= 15 is 0 Å². The molecule has 0 bridgehead atoms. The van der Waals surface area contributed by atoms with Gasteiger partial charge in [-0.15, -0.1) is 0 Å². The molecule has 7 atom stereocenters. The van der Waals surface area contributed by atoms with E-state index in [4.69, 9.17) is 0 Å². The Balaban J connectivity index is 1.64. The minimum Gasteiger partial charge on any atom is -0.393 e. The molecule has 3 aliphatic rings. The van der Waals surface area contributed by atoms with E-state index in [9.17, 15) is 5.11 Å². The van der Waals surface area contributed by atoms with Gasteiger partial charge in [-0.2, -0.15) is 0 Å². The third kappa shape index (κ3) is 5.38. The Hall–Kier alpha value is -0.560. The molecule has 0 spiro atoms. The van der Waals surface area contributed by atoms with Gasteiger partial charge in [-0.3, -0.25) is 0 Å². The van der Waals surface area contributed by atoms with Crippen LogP contribution in [-0.4, -0.2) is 11.2 Å². The molecule has 0 saturated heterocycles. The van der Waals surface area contributed by atoms with Crippen molar-refractivity contribution >= 4 is 0 Å². The third-order valence-electron chi connectivity index (χ3n) is 8.79. The molecule has 0 amide bonds. The van der Waals surface area contributed by atoms with Crippen LogP contribution in [0.25, 0.3) is 0 Å². The van der Waals surface area contributed by atoms with Crippen LogP contribution in [0.2, 0.25) is 0 Å². The fraction of sp³-hybridized carbons (Fsp3) is 0.857. The van der Waals surface area contributed by atoms with E-state index in [0.29, 0.717) is 11.3 Å². The second kappa shape index (κ2) is 9.29. The van der Waals surface area contributed by atoms with E-state index in [-0.39, 0.29) is 11.5 Å². The summed E-state index contributed by atoms with van der Waals surface area (Å²) in [4.78, 5) is 0. The van der Waals surface area contributed by atoms with Crippen LogP contribution >= 0.6 is 0 Å². The largest absolute Gasteiger partial charge is 0.393 e. The highest BCUT2D eigenvalue weighted by atomic mass is 16.3. The summed E-state index contributed by atoms with van der Waals surface area (Å²) in [5.41, 5.74) is 2.39. The summed E-state index contributed by atoms with van der Waals surface area (Å²) in [5, 5.41) is 10.4. The number of hydrogen-bond donors (Lipinski definition) is 1. The summed E-state index contributed by atoms with van der Waals surface area (Å²) < 4.78 is 0. The van der Waals surface area contributed by atoms with Gasteiger partial charge in [0.2, 0.25) is 0 Å². The van der Waals surface area contributed by atoms with Crippen molar-refractivity contribution in [2.45, 2.75) is 112 Å². The monoisotopic (exact) mass is 400 g/mol. The first-order valence-electron chi connectivity index (χ1n) is 12.7. The summed E-state index contributed by atoms with van der Waals surface area (Å²) >= 11 is 0. The molecule has 1 nitrogen and oxygen atoms in total. The predicted octanol–water partition coefficient (Wildman–Crippen LogP) is 7.94. The number of hydrogen-bond acceptors (Lipinski definition) is 1. The standard InChI is InChI=1S/C28H48O/c1-7-8-9-23(29)19-21-10-11-24-22(18-21)15-17-28(6)25(12-13-26(24)28)20(2)14-16-27(3,4)5/h10,14,16,20,22-26,29H,7-9,11-13,15,17-19H2,1-6H3/b16-14+/t20-,22-,23+,24-,25-,26+,28-/m1/s1. The van der Waals surface area contributed by atoms with Crippen molar-refractivity contribution in [1.82, 2.24) is 0 Å². The number of aliphatic hydroxyl groups excluding tert-OH is 1. The quantitative estimate of drug-likeness (QED) is 0.430. The Morgan fingerprint density at radius 1 is 1.24 bits per heavy atom. The molecule has 166 valence electrons. The lowest BCUT2D eigenvalue weighted by Crippen LogP contribution is -2.43. The molecule has 0 unspecified atom stereocenters. The third-order valence-corrected chi connectivity index (χ3v) is 8.79. The SMILES string of the molecule is CCCC[C@H](O)CC1=CC[C@@H]2[C@H](CC[C@]3(C)[C@@H]([C@H](C)/C=C/C(C)(C)C)CC[C@@H]23)C1. The van der Waals surface area contributed by atoms with Crippen LogP contribution in [0, 0.1) is 40.4 Å². The van der Waals surface area contributed by atoms with Gasteiger partial charge >= 0.3 is 0 Å². The highest BCUT2D eigenvalue weighted by Crippen LogP contribution is 2.63. The van der Waals surface area contributed by atoms with Crippen molar-refractivity contribution in [3.05, 3.63) is 23.8 Å². The molecule has 3 aliphatic carbocycles. The van der Waals surface area contributed by atoms with Crippen molar-refractivity contribution in [3.8, 4) is 0 Å². The Kier molecular flexibility index (Phi) is 7.40. The van der Waals surface area contributed by atoms with Crippen molar-refractivity contribution in [2.24, 2.45) is 40.4 Å². The van der Waals surface area contributed by atoms with Crippen LogP contribution in [0.1, 0.15) is 106 Å². The van der Waals surface area contributed by atoms with Crippen LogP contribution in [0.3, 0.4) is 0 Å². The zero-order valence-electron chi connectivity index (χ0n) is 20.2. The second-order valence-corrected chi connectivity index (χ2v) is 12.1. The van der Waals surface area contributed by atoms with Crippen LogP contribution in [0.4, 0.5) is 0 Å². The summed E-state index contributed by atoms with van der Waals surface area (Å²) in [6.07, 6.45) is 19.9. The topological polar surface area (TPSA) is 20.2 Å². The van der Waals surface area contributed by atoms with Gasteiger partial charge in [-0.1, -0.05) is 78.2 Å². The number of aliphatic hydroxyl groups is 1. The molecule has 2 saturated carbocycles. The Labute approximate surface area is 181 Å². The van der Waals surface area contributed by atoms with E-state index in [1.165, 1.54) is 44.9 Å². The fourth-order valence-corrected chi connectivity index (χ4v) is 7.19. The Morgan fingerprint density at radius 2 is 2.00 bits per heavy atom. The molecule has 0 aromatic heterocycles. The van der Waals surface area contributed by atoms with E-state index < -0.39 is 0 Å². The molecule has 0 aromatic carbocycles. The first kappa shape index (κ1) is 23.1. The lowest BCUT2D eigenvalue weighted by Gasteiger charge is -2.51. The average Bonchev–Trinajstić information content (AvgIpc) is 3.01. The zero-order chi connectivity index (χ0) is 21.2. The molecule has 0 aromatic rings. The minimum atomic E-state index is -0.113. The van der Waals surface area contributed by atoms with Gasteiger partial charge in [0.15, 0.2) is 0 Å². The Bertz CT molecular complexity index is 594. The lowest BCUT2D eigenvalue weighted by molar-refractivity contribution is -0.000361. The molecule has 29 heavy (non-hydrogen) atoms. The van der Waals surface area contributed by atoms with Gasteiger partial charge in [0, 0.05) is 0 Å². The second-order valence-electron chi connectivity index (χ2n) is 12.1. The van der Waals surface area contributed by atoms with Crippen LogP contribution in [0.15, 0.2) is 23.8 Å². The molecule has 3 rings (SSSR count). The first-order chi connectivity index (χ1) is 13.6. The van der Waals surface area contributed by atoms with Gasteiger partial charge in [-0.05, 0) is 91.8 Å². The lowest BCUT2D eigenvalue weighted by atomic mass is 9.54. The van der Waals surface area contributed by atoms with Gasteiger partial charge in [0.05, 0.1) is 6.10 Å². The van der Waals surface area contributed by atoms with Crippen LogP contribution in [-0.2, 0) is 0 Å². The smallest absolute Gasteiger partial charge is 0.0577 e. The molecular formula is C28H48O. The zero-order valence-corrected chi connectivity index (χ0v) is 20.2. The van der Waals surface area contributed by atoms with E-state index in [0.717, 1.165) is 42.9 Å². The molecule has 0 heterocycles. The highest BCUT2D eigenvalue weighted by molar-refractivity contribution is 5.15. The van der Waals surface area contributed by atoms with E-state index in [2.05, 4.69) is 59.8 Å². The van der Waals surface area contributed by atoms with Gasteiger partial charge < -0.3 is 5.11 Å². The van der Waals surface area contributed by atoms with Gasteiger partial charge in [0.1, 0.15) is 0 Å². The number of rotatable bonds is 7.